The number of fused-ring (bicyclic) bond motifs is 1. The third-order valence-electron chi connectivity index (χ3n) is 8.56. The van der Waals surface area contributed by atoms with Gasteiger partial charge in [0.1, 0.15) is 5.75 Å². The average molecular weight is 724 g/mol. The maximum absolute atomic E-state index is 13.3. The lowest BCUT2D eigenvalue weighted by Gasteiger charge is -2.25. The molecule has 0 aliphatic heterocycles. The Bertz CT molecular complexity index is 2240. The van der Waals surface area contributed by atoms with Gasteiger partial charge in [0.25, 0.3) is 5.69 Å². The van der Waals surface area contributed by atoms with Crippen LogP contribution in [0.25, 0.3) is 10.9 Å². The number of nitrogens with one attached hydrogen (secondary N) is 1. The van der Waals surface area contributed by atoms with E-state index in [-0.39, 0.29) is 30.4 Å². The van der Waals surface area contributed by atoms with E-state index in [2.05, 4.69) is 33.6 Å². The number of carboxylic acid groups (broad SMARTS) is 1. The van der Waals surface area contributed by atoms with Crippen LogP contribution in [-0.2, 0) is 28.6 Å². The molecule has 0 unspecified atom stereocenters. The number of non-ortho nitro benzene ring substituents is 1. The lowest BCUT2D eigenvalue weighted by Crippen LogP contribution is -2.28. The van der Waals surface area contributed by atoms with E-state index in [1.165, 1.54) is 30.3 Å². The number of sulfonamides is 1. The van der Waals surface area contributed by atoms with Crippen LogP contribution in [-0.4, -0.2) is 42.1 Å². The van der Waals surface area contributed by atoms with Gasteiger partial charge in [-0.2, -0.15) is 0 Å². The van der Waals surface area contributed by atoms with Gasteiger partial charge in [-0.1, -0.05) is 84.4 Å². The van der Waals surface area contributed by atoms with Crippen LogP contribution in [0.5, 0.6) is 5.75 Å². The first-order chi connectivity index (χ1) is 24.6. The molecule has 51 heavy (non-hydrogen) atoms. The Kier molecular flexibility index (Phi) is 10.8. The molecule has 5 aromatic carbocycles. The standard InChI is InChI=1S/C39H34ClN3O7S/c40-31-16-19-36-35(25-31)34(21-23-50-33-17-14-30(15-18-33)39(44)45)37(20-22-41-51(48,49)26-27-8-7-13-32(24-27)43(46)47)42(36)38(28-9-3-1-4-10-28)29-11-5-2-6-12-29/h1-19,24-25,38,41H,20-23,26H2,(H,44,45). The van der Waals surface area contributed by atoms with Gasteiger partial charge in [0.15, 0.2) is 0 Å². The summed E-state index contributed by atoms with van der Waals surface area (Å²) in [4.78, 5) is 22.0. The smallest absolute Gasteiger partial charge is 0.335 e. The molecule has 0 aliphatic rings. The molecule has 12 heteroatoms. The first kappa shape index (κ1) is 35.3. The average Bonchev–Trinajstić information content (AvgIpc) is 3.40. The number of nitro groups is 1. The molecule has 0 aliphatic carbocycles. The Morgan fingerprint density at radius 3 is 2.16 bits per heavy atom. The number of aromatic nitrogens is 1. The first-order valence-corrected chi connectivity index (χ1v) is 18.2. The SMILES string of the molecule is O=C(O)c1ccc(OCCc2c(CCNS(=O)(=O)Cc3cccc([N+](=O)[O-])c3)n(C(c3ccccc3)c3ccccc3)c3ccc(Cl)cc23)cc1. The molecule has 10 nitrogen and oxygen atoms in total. The highest BCUT2D eigenvalue weighted by Gasteiger charge is 2.26. The number of nitro benzene ring substituents is 1. The first-order valence-electron chi connectivity index (χ1n) is 16.2. The fourth-order valence-corrected chi connectivity index (χ4v) is 7.64. The summed E-state index contributed by atoms with van der Waals surface area (Å²) in [7, 11) is -3.87. The van der Waals surface area contributed by atoms with Gasteiger partial charge in [-0.05, 0) is 64.7 Å². The second-order valence-corrected chi connectivity index (χ2v) is 14.2. The molecule has 260 valence electrons. The van der Waals surface area contributed by atoms with E-state index in [0.29, 0.717) is 29.2 Å². The molecule has 6 aromatic rings. The van der Waals surface area contributed by atoms with Crippen LogP contribution in [0.3, 0.4) is 0 Å². The minimum Gasteiger partial charge on any atom is -0.493 e. The topological polar surface area (TPSA) is 141 Å². The van der Waals surface area contributed by atoms with Gasteiger partial charge in [-0.3, -0.25) is 10.1 Å². The van der Waals surface area contributed by atoms with Crippen molar-refractivity contribution in [3.05, 3.63) is 176 Å². The molecule has 6 rings (SSSR count). The number of benzene rings is 5. The predicted molar refractivity (Wildman–Crippen MR) is 197 cm³/mol. The molecule has 2 N–H and O–H groups in total. The summed E-state index contributed by atoms with van der Waals surface area (Å²) in [5.41, 5.74) is 5.08. The molecule has 0 amide bonds. The molecular weight excluding hydrogens is 690 g/mol. The van der Waals surface area contributed by atoms with Crippen molar-refractivity contribution >= 4 is 44.2 Å². The highest BCUT2D eigenvalue weighted by Crippen LogP contribution is 2.38. The van der Waals surface area contributed by atoms with E-state index < -0.39 is 26.7 Å². The lowest BCUT2D eigenvalue weighted by atomic mass is 9.97. The van der Waals surface area contributed by atoms with E-state index in [1.807, 2.05) is 54.6 Å². The Labute approximate surface area is 300 Å². The van der Waals surface area contributed by atoms with Crippen LogP contribution in [0.1, 0.15) is 44.3 Å². The molecule has 0 spiro atoms. The van der Waals surface area contributed by atoms with Gasteiger partial charge in [-0.25, -0.2) is 17.9 Å². The lowest BCUT2D eigenvalue weighted by molar-refractivity contribution is -0.384. The minimum atomic E-state index is -3.87. The zero-order chi connectivity index (χ0) is 36.0. The van der Waals surface area contributed by atoms with Gasteiger partial charge in [-0.15, -0.1) is 0 Å². The van der Waals surface area contributed by atoms with E-state index in [4.69, 9.17) is 16.3 Å². The molecule has 0 fully saturated rings. The largest absolute Gasteiger partial charge is 0.493 e. The molecule has 0 bridgehead atoms. The molecule has 1 heterocycles. The summed E-state index contributed by atoms with van der Waals surface area (Å²) in [6.07, 6.45) is 0.746. The third-order valence-corrected chi connectivity index (χ3v) is 10.1. The van der Waals surface area contributed by atoms with E-state index in [0.717, 1.165) is 33.3 Å². The maximum Gasteiger partial charge on any atom is 0.335 e. The van der Waals surface area contributed by atoms with Gasteiger partial charge in [0, 0.05) is 53.1 Å². The van der Waals surface area contributed by atoms with Crippen LogP contribution in [0, 0.1) is 10.1 Å². The highest BCUT2D eigenvalue weighted by molar-refractivity contribution is 7.88. The van der Waals surface area contributed by atoms with Gasteiger partial charge in [0.05, 0.1) is 28.9 Å². The Balaban J connectivity index is 1.39. The summed E-state index contributed by atoms with van der Waals surface area (Å²) in [6.45, 7) is 0.313. The predicted octanol–water partition coefficient (Wildman–Crippen LogP) is 7.82. The number of carboxylic acids is 1. The maximum atomic E-state index is 13.3. The normalized spacial score (nSPS) is 11.6. The Morgan fingerprint density at radius 1 is 0.863 bits per heavy atom. The number of ether oxygens (including phenoxy) is 1. The van der Waals surface area contributed by atoms with Crippen molar-refractivity contribution in [2.75, 3.05) is 13.2 Å². The van der Waals surface area contributed by atoms with E-state index in [1.54, 1.807) is 18.2 Å². The zero-order valence-electron chi connectivity index (χ0n) is 27.3. The van der Waals surface area contributed by atoms with Crippen molar-refractivity contribution in [1.82, 2.24) is 9.29 Å². The van der Waals surface area contributed by atoms with Crippen molar-refractivity contribution < 1.29 is 28.0 Å². The van der Waals surface area contributed by atoms with Crippen molar-refractivity contribution in [2.24, 2.45) is 0 Å². The number of hydrogen-bond acceptors (Lipinski definition) is 6. The van der Waals surface area contributed by atoms with Crippen LogP contribution < -0.4 is 9.46 Å². The van der Waals surface area contributed by atoms with Crippen molar-refractivity contribution in [3.63, 3.8) is 0 Å². The van der Waals surface area contributed by atoms with Crippen molar-refractivity contribution in [3.8, 4) is 5.75 Å². The van der Waals surface area contributed by atoms with E-state index in [9.17, 15) is 28.4 Å². The summed E-state index contributed by atoms with van der Waals surface area (Å²) < 4.78 is 37.6. The van der Waals surface area contributed by atoms with Crippen LogP contribution in [0.15, 0.2) is 127 Å². The minimum absolute atomic E-state index is 0.0577. The summed E-state index contributed by atoms with van der Waals surface area (Å²) in [6, 6.07) is 37.4. The third kappa shape index (κ3) is 8.46. The van der Waals surface area contributed by atoms with Crippen LogP contribution in [0.4, 0.5) is 5.69 Å². The van der Waals surface area contributed by atoms with Crippen molar-refractivity contribution in [2.45, 2.75) is 24.6 Å². The van der Waals surface area contributed by atoms with Crippen LogP contribution in [0.2, 0.25) is 5.02 Å². The number of aromatic carboxylic acids is 1. The monoisotopic (exact) mass is 723 g/mol. The Morgan fingerprint density at radius 2 is 1.53 bits per heavy atom. The Hall–Kier alpha value is -5.49. The highest BCUT2D eigenvalue weighted by atomic mass is 35.5. The summed E-state index contributed by atoms with van der Waals surface area (Å²) >= 11 is 6.59. The molecule has 0 saturated carbocycles. The van der Waals surface area contributed by atoms with Gasteiger partial charge in [0.2, 0.25) is 10.0 Å². The van der Waals surface area contributed by atoms with Crippen LogP contribution >= 0.6 is 11.6 Å². The fourth-order valence-electron chi connectivity index (χ4n) is 6.33. The van der Waals surface area contributed by atoms with E-state index >= 15 is 0 Å². The molecular formula is C39H34ClN3O7S. The number of hydrogen-bond donors (Lipinski definition) is 2. The van der Waals surface area contributed by atoms with Gasteiger partial charge < -0.3 is 14.4 Å². The second-order valence-electron chi connectivity index (χ2n) is 11.9. The molecule has 0 radical (unpaired) electrons. The second kappa shape index (κ2) is 15.6. The fraction of sp³-hybridized carbons (Fsp3) is 0.154. The molecule has 1 aromatic heterocycles. The number of rotatable bonds is 15. The van der Waals surface area contributed by atoms with Crippen molar-refractivity contribution in [1.29, 1.82) is 0 Å². The number of halogens is 1. The quantitative estimate of drug-likeness (QED) is 0.0813. The number of carbonyl (C=O) groups is 1. The summed E-state index contributed by atoms with van der Waals surface area (Å²) in [5, 5.41) is 22.0. The molecule has 0 saturated heterocycles. The zero-order valence-corrected chi connectivity index (χ0v) is 28.9. The van der Waals surface area contributed by atoms with Gasteiger partial charge >= 0.3 is 5.97 Å². The number of nitrogens with zero attached hydrogens (tertiary/aromatic N) is 2. The summed E-state index contributed by atoms with van der Waals surface area (Å²) in [5.74, 6) is -0.919. The molecule has 0 atom stereocenters.